The zero-order valence-corrected chi connectivity index (χ0v) is 13.1. The van der Waals surface area contributed by atoms with Crippen LogP contribution in [0.25, 0.3) is 0 Å². The number of Topliss-reactive ketones (excluding diaryl/α,β-unsaturated/α-hetero) is 1. The Morgan fingerprint density at radius 3 is 2.84 bits per heavy atom. The van der Waals surface area contributed by atoms with Crippen molar-refractivity contribution in [1.82, 2.24) is 4.98 Å². The summed E-state index contributed by atoms with van der Waals surface area (Å²) in [7, 11) is 0. The Kier molecular flexibility index (Phi) is 4.14. The van der Waals surface area contributed by atoms with Crippen molar-refractivity contribution in [2.45, 2.75) is 6.92 Å². The summed E-state index contributed by atoms with van der Waals surface area (Å²) in [5, 5.41) is 10.9. The number of aryl methyl sites for hydroxylation is 1. The molecule has 1 aromatic carbocycles. The zero-order valence-electron chi connectivity index (χ0n) is 13.1. The van der Waals surface area contributed by atoms with Crippen molar-refractivity contribution in [3.05, 3.63) is 57.4 Å². The van der Waals surface area contributed by atoms with Gasteiger partial charge in [-0.1, -0.05) is 0 Å². The summed E-state index contributed by atoms with van der Waals surface area (Å²) in [6.45, 7) is 0.836. The number of halogens is 1. The van der Waals surface area contributed by atoms with Gasteiger partial charge in [0.25, 0.3) is 11.7 Å². The van der Waals surface area contributed by atoms with Gasteiger partial charge < -0.3 is 14.9 Å². The van der Waals surface area contributed by atoms with Gasteiger partial charge in [0, 0.05) is 11.6 Å². The van der Waals surface area contributed by atoms with E-state index in [9.17, 15) is 24.1 Å². The number of carbonyl (C=O) groups excluding carboxylic acids is 2. The van der Waals surface area contributed by atoms with Crippen molar-refractivity contribution >= 4 is 23.3 Å². The SMILES string of the molecule is Cc1cc(C(=O)CN2C(=O)COc3ccc([N+](=O)[O-])nc32)ccc1F. The van der Waals surface area contributed by atoms with Crippen LogP contribution in [0.3, 0.4) is 0 Å². The average Bonchev–Trinajstić information content (AvgIpc) is 2.59. The molecule has 1 aliphatic heterocycles. The van der Waals surface area contributed by atoms with Gasteiger partial charge in [-0.05, 0) is 46.7 Å². The van der Waals surface area contributed by atoms with Crippen LogP contribution >= 0.6 is 0 Å². The monoisotopic (exact) mass is 345 g/mol. The first-order chi connectivity index (χ1) is 11.9. The number of fused-ring (bicyclic) bond motifs is 1. The molecule has 128 valence electrons. The van der Waals surface area contributed by atoms with Crippen LogP contribution in [0.2, 0.25) is 0 Å². The second-order valence-corrected chi connectivity index (χ2v) is 5.40. The molecule has 0 atom stereocenters. The lowest BCUT2D eigenvalue weighted by atomic mass is 10.1. The van der Waals surface area contributed by atoms with Gasteiger partial charge in [0.2, 0.25) is 0 Å². The Morgan fingerprint density at radius 2 is 2.16 bits per heavy atom. The number of anilines is 1. The van der Waals surface area contributed by atoms with E-state index in [0.29, 0.717) is 5.56 Å². The van der Waals surface area contributed by atoms with Gasteiger partial charge in [-0.25, -0.2) is 4.39 Å². The quantitative estimate of drug-likeness (QED) is 0.477. The summed E-state index contributed by atoms with van der Waals surface area (Å²) in [5.74, 6) is -1.81. The minimum atomic E-state index is -0.706. The van der Waals surface area contributed by atoms with Crippen molar-refractivity contribution in [3.63, 3.8) is 0 Å². The molecule has 2 heterocycles. The highest BCUT2D eigenvalue weighted by Crippen LogP contribution is 2.32. The summed E-state index contributed by atoms with van der Waals surface area (Å²) in [6.07, 6.45) is 0. The highest BCUT2D eigenvalue weighted by molar-refractivity contribution is 6.06. The number of nitro groups is 1. The van der Waals surface area contributed by atoms with Crippen LogP contribution in [0.1, 0.15) is 15.9 Å². The fourth-order valence-corrected chi connectivity index (χ4v) is 2.38. The van der Waals surface area contributed by atoms with E-state index in [-0.39, 0.29) is 30.3 Å². The third-order valence-electron chi connectivity index (χ3n) is 3.70. The van der Waals surface area contributed by atoms with E-state index >= 15 is 0 Å². The maximum atomic E-state index is 13.3. The standard InChI is InChI=1S/C16H12FN3O5/c1-9-6-10(2-3-11(9)17)12(21)7-19-15(22)8-25-13-4-5-14(20(23)24)18-16(13)19/h2-6H,7-8H2,1H3. The first kappa shape index (κ1) is 16.5. The number of ketones is 1. The van der Waals surface area contributed by atoms with Crippen LogP contribution in [-0.4, -0.2) is 34.7 Å². The molecule has 0 N–H and O–H groups in total. The second-order valence-electron chi connectivity index (χ2n) is 5.40. The summed E-state index contributed by atoms with van der Waals surface area (Å²) in [5.41, 5.74) is 0.526. The van der Waals surface area contributed by atoms with Gasteiger partial charge >= 0.3 is 5.82 Å². The van der Waals surface area contributed by atoms with E-state index in [4.69, 9.17) is 4.74 Å². The number of aromatic nitrogens is 1. The van der Waals surface area contributed by atoms with E-state index in [1.54, 1.807) is 0 Å². The van der Waals surface area contributed by atoms with Crippen LogP contribution in [0.4, 0.5) is 16.0 Å². The number of pyridine rings is 1. The molecule has 0 saturated carbocycles. The first-order valence-corrected chi connectivity index (χ1v) is 7.25. The summed E-state index contributed by atoms with van der Waals surface area (Å²) >= 11 is 0. The predicted molar refractivity (Wildman–Crippen MR) is 84.2 cm³/mol. The van der Waals surface area contributed by atoms with Gasteiger partial charge in [0.1, 0.15) is 5.82 Å². The molecule has 0 aliphatic carbocycles. The lowest BCUT2D eigenvalue weighted by Crippen LogP contribution is -2.42. The molecular formula is C16H12FN3O5. The molecule has 3 rings (SSSR count). The van der Waals surface area contributed by atoms with Gasteiger partial charge in [-0.3, -0.25) is 14.5 Å². The molecule has 0 spiro atoms. The van der Waals surface area contributed by atoms with E-state index in [2.05, 4.69) is 4.98 Å². The van der Waals surface area contributed by atoms with Gasteiger partial charge in [0.05, 0.1) is 6.54 Å². The molecule has 0 unspecified atom stereocenters. The molecule has 9 heteroatoms. The van der Waals surface area contributed by atoms with Crippen molar-refractivity contribution in [2.75, 3.05) is 18.1 Å². The number of rotatable bonds is 4. The minimum Gasteiger partial charge on any atom is -0.477 e. The van der Waals surface area contributed by atoms with Crippen molar-refractivity contribution < 1.29 is 23.6 Å². The number of benzene rings is 1. The Hall–Kier alpha value is -3.36. The van der Waals surface area contributed by atoms with Crippen LogP contribution in [-0.2, 0) is 4.79 Å². The predicted octanol–water partition coefficient (Wildman–Crippen LogP) is 2.05. The molecule has 0 fully saturated rings. The smallest absolute Gasteiger partial charge is 0.366 e. The summed E-state index contributed by atoms with van der Waals surface area (Å²) in [4.78, 5) is 39.5. The summed E-state index contributed by atoms with van der Waals surface area (Å²) < 4.78 is 18.5. The molecular weight excluding hydrogens is 333 g/mol. The molecule has 1 aliphatic rings. The van der Waals surface area contributed by atoms with Crippen molar-refractivity contribution in [1.29, 1.82) is 0 Å². The number of amides is 1. The van der Waals surface area contributed by atoms with E-state index in [1.807, 2.05) is 0 Å². The number of ether oxygens (including phenoxy) is 1. The third kappa shape index (κ3) is 3.16. The molecule has 0 radical (unpaired) electrons. The Morgan fingerprint density at radius 1 is 1.40 bits per heavy atom. The lowest BCUT2D eigenvalue weighted by molar-refractivity contribution is -0.389. The van der Waals surface area contributed by atoms with Crippen LogP contribution in [0.5, 0.6) is 5.75 Å². The molecule has 8 nitrogen and oxygen atoms in total. The largest absolute Gasteiger partial charge is 0.477 e. The lowest BCUT2D eigenvalue weighted by Gasteiger charge is -2.24. The molecule has 25 heavy (non-hydrogen) atoms. The molecule has 0 saturated heterocycles. The zero-order chi connectivity index (χ0) is 18.1. The van der Waals surface area contributed by atoms with E-state index in [0.717, 1.165) is 11.0 Å². The first-order valence-electron chi connectivity index (χ1n) is 7.25. The number of hydrogen-bond acceptors (Lipinski definition) is 6. The van der Waals surface area contributed by atoms with Gasteiger partial charge in [0.15, 0.2) is 18.1 Å². The maximum absolute atomic E-state index is 13.3. The number of nitrogens with zero attached hydrogens (tertiary/aromatic N) is 3. The van der Waals surface area contributed by atoms with E-state index in [1.165, 1.54) is 31.2 Å². The maximum Gasteiger partial charge on any atom is 0.366 e. The van der Waals surface area contributed by atoms with Crippen LogP contribution < -0.4 is 9.64 Å². The van der Waals surface area contributed by atoms with Crippen molar-refractivity contribution in [3.8, 4) is 5.75 Å². The highest BCUT2D eigenvalue weighted by atomic mass is 19.1. The van der Waals surface area contributed by atoms with Crippen LogP contribution in [0.15, 0.2) is 30.3 Å². The Bertz CT molecular complexity index is 899. The molecule has 0 bridgehead atoms. The average molecular weight is 345 g/mol. The topological polar surface area (TPSA) is 103 Å². The highest BCUT2D eigenvalue weighted by Gasteiger charge is 2.33. The Labute approximate surface area is 141 Å². The normalized spacial score (nSPS) is 13.2. The van der Waals surface area contributed by atoms with Crippen LogP contribution in [0, 0.1) is 22.9 Å². The Balaban J connectivity index is 1.93. The van der Waals surface area contributed by atoms with Gasteiger partial charge in [-0.15, -0.1) is 0 Å². The molecule has 1 aromatic heterocycles. The number of carbonyl (C=O) groups is 2. The summed E-state index contributed by atoms with van der Waals surface area (Å²) in [6, 6.07) is 6.34. The third-order valence-corrected chi connectivity index (χ3v) is 3.70. The molecule has 2 aromatic rings. The fourth-order valence-electron chi connectivity index (χ4n) is 2.38. The second kappa shape index (κ2) is 6.27. The van der Waals surface area contributed by atoms with Crippen molar-refractivity contribution in [2.24, 2.45) is 0 Å². The van der Waals surface area contributed by atoms with E-state index < -0.39 is 28.2 Å². The minimum absolute atomic E-state index is 0.0855. The number of hydrogen-bond donors (Lipinski definition) is 0. The fraction of sp³-hybridized carbons (Fsp3) is 0.188. The van der Waals surface area contributed by atoms with Gasteiger partial charge in [-0.2, -0.15) is 0 Å². The molecule has 1 amide bonds.